The van der Waals surface area contributed by atoms with Crippen LogP contribution in [0.15, 0.2) is 36.4 Å². The second-order valence-electron chi connectivity index (χ2n) is 4.80. The summed E-state index contributed by atoms with van der Waals surface area (Å²) in [6.07, 6.45) is 0. The van der Waals surface area contributed by atoms with Gasteiger partial charge in [-0.3, -0.25) is 0 Å². The molecule has 2 aromatic carbocycles. The van der Waals surface area contributed by atoms with Gasteiger partial charge in [-0.15, -0.1) is 0 Å². The lowest BCUT2D eigenvalue weighted by Crippen LogP contribution is -2.02. The van der Waals surface area contributed by atoms with Gasteiger partial charge in [0.1, 0.15) is 5.75 Å². The summed E-state index contributed by atoms with van der Waals surface area (Å²) in [6.45, 7) is 4.95. The zero-order valence-corrected chi connectivity index (χ0v) is 12.0. The molecule has 0 bridgehead atoms. The molecule has 0 aliphatic carbocycles. The van der Waals surface area contributed by atoms with E-state index in [9.17, 15) is 0 Å². The molecule has 102 valence electrons. The summed E-state index contributed by atoms with van der Waals surface area (Å²) in [5.74, 6) is 0.688. The van der Waals surface area contributed by atoms with Crippen molar-refractivity contribution in [3.05, 3.63) is 58.7 Å². The van der Waals surface area contributed by atoms with Crippen LogP contribution in [0.25, 0.3) is 0 Å². The van der Waals surface area contributed by atoms with Gasteiger partial charge >= 0.3 is 0 Å². The molecule has 0 spiro atoms. The summed E-state index contributed by atoms with van der Waals surface area (Å²) in [5, 5.41) is 12.2. The van der Waals surface area contributed by atoms with E-state index in [2.05, 4.69) is 43.4 Å². The fourth-order valence-electron chi connectivity index (χ4n) is 2.02. The number of nitrogens with one attached hydrogen (secondary N) is 1. The van der Waals surface area contributed by atoms with Gasteiger partial charge in [-0.25, -0.2) is 0 Å². The summed E-state index contributed by atoms with van der Waals surface area (Å²) < 4.78 is 5.31. The number of hydrogen-bond acceptors (Lipinski definition) is 3. The molecule has 0 heterocycles. The van der Waals surface area contributed by atoms with Crippen LogP contribution in [-0.2, 0) is 6.54 Å². The quantitative estimate of drug-likeness (QED) is 0.915. The molecular formula is C17H18N2O. The van der Waals surface area contributed by atoms with Gasteiger partial charge in [0.2, 0.25) is 0 Å². The minimum Gasteiger partial charge on any atom is -0.495 e. The first kappa shape index (κ1) is 14.0. The molecule has 0 unspecified atom stereocenters. The molecule has 0 amide bonds. The third-order valence-electron chi connectivity index (χ3n) is 3.38. The molecule has 0 saturated heterocycles. The number of anilines is 1. The molecule has 2 rings (SSSR count). The van der Waals surface area contributed by atoms with Crippen LogP contribution >= 0.6 is 0 Å². The van der Waals surface area contributed by atoms with Crippen LogP contribution in [0.5, 0.6) is 5.75 Å². The Labute approximate surface area is 119 Å². The lowest BCUT2D eigenvalue weighted by molar-refractivity contribution is 0.416. The Hall–Kier alpha value is -2.47. The molecule has 3 heteroatoms. The zero-order valence-electron chi connectivity index (χ0n) is 12.0. The van der Waals surface area contributed by atoms with Crippen molar-refractivity contribution in [3.8, 4) is 11.8 Å². The van der Waals surface area contributed by atoms with Crippen LogP contribution in [0.3, 0.4) is 0 Å². The molecule has 0 fully saturated rings. The SMILES string of the molecule is COc1cc(C#N)ccc1NCc1ccc(C)c(C)c1. The summed E-state index contributed by atoms with van der Waals surface area (Å²) in [7, 11) is 1.61. The predicted octanol–water partition coefficient (Wildman–Crippen LogP) is 3.80. The highest BCUT2D eigenvalue weighted by Crippen LogP contribution is 2.26. The topological polar surface area (TPSA) is 45.0 Å². The van der Waals surface area contributed by atoms with Gasteiger partial charge in [-0.2, -0.15) is 5.26 Å². The molecule has 3 nitrogen and oxygen atoms in total. The number of ether oxygens (including phenoxy) is 1. The molecule has 0 saturated carbocycles. The van der Waals surface area contributed by atoms with Gasteiger partial charge in [-0.05, 0) is 42.7 Å². The van der Waals surface area contributed by atoms with E-state index in [-0.39, 0.29) is 0 Å². The average molecular weight is 266 g/mol. The second-order valence-corrected chi connectivity index (χ2v) is 4.80. The van der Waals surface area contributed by atoms with Crippen LogP contribution in [0.2, 0.25) is 0 Å². The number of methoxy groups -OCH3 is 1. The van der Waals surface area contributed by atoms with E-state index >= 15 is 0 Å². The highest BCUT2D eigenvalue weighted by atomic mass is 16.5. The van der Waals surface area contributed by atoms with E-state index in [1.165, 1.54) is 16.7 Å². The first-order chi connectivity index (χ1) is 9.63. The van der Waals surface area contributed by atoms with Gasteiger partial charge in [0.15, 0.2) is 0 Å². The fourth-order valence-corrected chi connectivity index (χ4v) is 2.02. The highest BCUT2D eigenvalue weighted by molar-refractivity contribution is 5.59. The van der Waals surface area contributed by atoms with Crippen molar-refractivity contribution in [2.24, 2.45) is 0 Å². The Morgan fingerprint density at radius 3 is 2.55 bits per heavy atom. The molecule has 2 aromatic rings. The van der Waals surface area contributed by atoms with Gasteiger partial charge < -0.3 is 10.1 Å². The normalized spacial score (nSPS) is 9.90. The zero-order chi connectivity index (χ0) is 14.5. The highest BCUT2D eigenvalue weighted by Gasteiger charge is 2.04. The average Bonchev–Trinajstić information content (AvgIpc) is 2.48. The first-order valence-electron chi connectivity index (χ1n) is 6.52. The summed E-state index contributed by atoms with van der Waals surface area (Å²) in [5.41, 5.74) is 5.30. The number of rotatable bonds is 4. The van der Waals surface area contributed by atoms with E-state index in [0.29, 0.717) is 11.3 Å². The van der Waals surface area contributed by atoms with Crippen molar-refractivity contribution < 1.29 is 4.74 Å². The van der Waals surface area contributed by atoms with Crippen LogP contribution in [0.4, 0.5) is 5.69 Å². The Morgan fingerprint density at radius 1 is 1.10 bits per heavy atom. The number of hydrogen-bond donors (Lipinski definition) is 1. The third-order valence-corrected chi connectivity index (χ3v) is 3.38. The maximum absolute atomic E-state index is 8.89. The smallest absolute Gasteiger partial charge is 0.143 e. The Bertz CT molecular complexity index is 657. The maximum atomic E-state index is 8.89. The van der Waals surface area contributed by atoms with Crippen molar-refractivity contribution in [2.45, 2.75) is 20.4 Å². The van der Waals surface area contributed by atoms with Crippen molar-refractivity contribution in [1.82, 2.24) is 0 Å². The summed E-state index contributed by atoms with van der Waals surface area (Å²) in [4.78, 5) is 0. The number of benzene rings is 2. The molecule has 1 N–H and O–H groups in total. The van der Waals surface area contributed by atoms with Crippen molar-refractivity contribution in [2.75, 3.05) is 12.4 Å². The predicted molar refractivity (Wildman–Crippen MR) is 81.0 cm³/mol. The van der Waals surface area contributed by atoms with E-state index in [0.717, 1.165) is 12.2 Å². The monoisotopic (exact) mass is 266 g/mol. The minimum absolute atomic E-state index is 0.596. The van der Waals surface area contributed by atoms with Crippen molar-refractivity contribution >= 4 is 5.69 Å². The second kappa shape index (κ2) is 6.12. The van der Waals surface area contributed by atoms with Crippen molar-refractivity contribution in [1.29, 1.82) is 5.26 Å². The standard InChI is InChI=1S/C17H18N2O/c1-12-4-5-15(8-13(12)2)11-19-16-7-6-14(10-18)9-17(16)20-3/h4-9,19H,11H2,1-3H3. The van der Waals surface area contributed by atoms with Gasteiger partial charge in [0, 0.05) is 12.6 Å². The lowest BCUT2D eigenvalue weighted by atomic mass is 10.1. The molecular weight excluding hydrogens is 248 g/mol. The number of nitriles is 1. The first-order valence-corrected chi connectivity index (χ1v) is 6.52. The van der Waals surface area contributed by atoms with E-state index in [1.807, 2.05) is 6.07 Å². The Balaban J connectivity index is 2.14. The summed E-state index contributed by atoms with van der Waals surface area (Å²) >= 11 is 0. The molecule has 0 aromatic heterocycles. The van der Waals surface area contributed by atoms with E-state index in [1.54, 1.807) is 19.2 Å². The summed E-state index contributed by atoms with van der Waals surface area (Å²) in [6, 6.07) is 13.9. The van der Waals surface area contributed by atoms with Crippen LogP contribution in [-0.4, -0.2) is 7.11 Å². The molecule has 0 atom stereocenters. The van der Waals surface area contributed by atoms with Crippen molar-refractivity contribution in [3.63, 3.8) is 0 Å². The van der Waals surface area contributed by atoms with Gasteiger partial charge in [0.05, 0.1) is 24.4 Å². The minimum atomic E-state index is 0.596. The lowest BCUT2D eigenvalue weighted by Gasteiger charge is -2.12. The van der Waals surface area contributed by atoms with Crippen LogP contribution < -0.4 is 10.1 Å². The Morgan fingerprint density at radius 2 is 1.90 bits per heavy atom. The van der Waals surface area contributed by atoms with Gasteiger partial charge in [-0.1, -0.05) is 18.2 Å². The largest absolute Gasteiger partial charge is 0.495 e. The number of aryl methyl sites for hydroxylation is 2. The van der Waals surface area contributed by atoms with E-state index < -0.39 is 0 Å². The van der Waals surface area contributed by atoms with Gasteiger partial charge in [0.25, 0.3) is 0 Å². The molecule has 0 aliphatic rings. The third kappa shape index (κ3) is 3.10. The Kier molecular flexibility index (Phi) is 4.27. The van der Waals surface area contributed by atoms with E-state index in [4.69, 9.17) is 10.00 Å². The van der Waals surface area contributed by atoms with Crippen LogP contribution in [0.1, 0.15) is 22.3 Å². The maximum Gasteiger partial charge on any atom is 0.143 e. The number of nitrogens with zero attached hydrogens (tertiary/aromatic N) is 1. The fraction of sp³-hybridized carbons (Fsp3) is 0.235. The molecule has 0 radical (unpaired) electrons. The molecule has 0 aliphatic heterocycles. The molecule has 20 heavy (non-hydrogen) atoms. The van der Waals surface area contributed by atoms with Crippen LogP contribution in [0, 0.1) is 25.2 Å².